The third-order valence-electron chi connectivity index (χ3n) is 4.82. The number of carbonyl (C=O) groups excluding carboxylic acids is 1. The first-order valence-electron chi connectivity index (χ1n) is 9.28. The van der Waals surface area contributed by atoms with E-state index in [-0.39, 0.29) is 26.9 Å². The lowest BCUT2D eigenvalue weighted by Gasteiger charge is -2.20. The van der Waals surface area contributed by atoms with Gasteiger partial charge in [-0.25, -0.2) is 12.8 Å². The Morgan fingerprint density at radius 2 is 1.83 bits per heavy atom. The fourth-order valence-electron chi connectivity index (χ4n) is 3.25. The molecule has 1 aliphatic heterocycles. The maximum Gasteiger partial charge on any atom is 0.259 e. The number of hydrogen-bond donors (Lipinski definition) is 1. The van der Waals surface area contributed by atoms with Gasteiger partial charge in [-0.05, 0) is 43.2 Å². The van der Waals surface area contributed by atoms with Crippen LogP contribution in [-0.2, 0) is 10.0 Å². The molecule has 1 fully saturated rings. The van der Waals surface area contributed by atoms with Crippen molar-refractivity contribution in [1.82, 2.24) is 4.31 Å². The number of sulfonamides is 1. The summed E-state index contributed by atoms with van der Waals surface area (Å²) in [7, 11) is -2.38. The molecule has 0 bridgehead atoms. The van der Waals surface area contributed by atoms with Gasteiger partial charge in [-0.1, -0.05) is 30.5 Å². The molecule has 0 radical (unpaired) electrons. The van der Waals surface area contributed by atoms with E-state index in [1.165, 1.54) is 47.8 Å². The first kappa shape index (κ1) is 21.5. The molecular weight excluding hydrogens is 419 g/mol. The van der Waals surface area contributed by atoms with E-state index in [1.54, 1.807) is 0 Å². The molecule has 2 aromatic carbocycles. The normalized spacial score (nSPS) is 15.6. The van der Waals surface area contributed by atoms with Gasteiger partial charge in [-0.2, -0.15) is 4.31 Å². The number of nitrogens with one attached hydrogen (secondary N) is 1. The second kappa shape index (κ2) is 9.11. The maximum absolute atomic E-state index is 14.1. The van der Waals surface area contributed by atoms with Crippen molar-refractivity contribution in [3.8, 4) is 5.75 Å². The molecule has 0 spiro atoms. The highest BCUT2D eigenvalue weighted by Crippen LogP contribution is 2.28. The molecule has 0 aromatic heterocycles. The topological polar surface area (TPSA) is 75.7 Å². The van der Waals surface area contributed by atoms with E-state index in [0.29, 0.717) is 13.1 Å². The highest BCUT2D eigenvalue weighted by molar-refractivity contribution is 7.89. The number of amides is 1. The number of benzene rings is 2. The van der Waals surface area contributed by atoms with Gasteiger partial charge >= 0.3 is 0 Å². The van der Waals surface area contributed by atoms with Crippen molar-refractivity contribution < 1.29 is 22.3 Å². The molecule has 0 aliphatic carbocycles. The van der Waals surface area contributed by atoms with E-state index >= 15 is 0 Å². The molecule has 1 N–H and O–H groups in total. The van der Waals surface area contributed by atoms with Gasteiger partial charge in [0.1, 0.15) is 5.75 Å². The van der Waals surface area contributed by atoms with Crippen molar-refractivity contribution in [1.29, 1.82) is 0 Å². The lowest BCUT2D eigenvalue weighted by atomic mass is 10.1. The standard InChI is InChI=1S/C20H22ClFN2O4S/c1-28-18-10-9-14(29(26,27)24-11-4-2-3-5-12-24)13-15(18)20(25)23-17-8-6-7-16(21)19(17)22/h6-10,13H,2-5,11-12H2,1H3,(H,23,25). The zero-order chi connectivity index (χ0) is 21.0. The first-order valence-corrected chi connectivity index (χ1v) is 11.1. The average molecular weight is 441 g/mol. The molecular formula is C20H22ClFN2O4S. The van der Waals surface area contributed by atoms with Crippen LogP contribution in [0.3, 0.4) is 0 Å². The van der Waals surface area contributed by atoms with E-state index in [4.69, 9.17) is 16.3 Å². The zero-order valence-electron chi connectivity index (χ0n) is 16.0. The average Bonchev–Trinajstić information content (AvgIpc) is 3.01. The molecule has 1 heterocycles. The molecule has 0 unspecified atom stereocenters. The lowest BCUT2D eigenvalue weighted by molar-refractivity contribution is 0.102. The minimum Gasteiger partial charge on any atom is -0.496 e. The summed E-state index contributed by atoms with van der Waals surface area (Å²) in [5.74, 6) is -1.29. The second-order valence-corrected chi connectivity index (χ2v) is 9.08. The molecule has 1 aliphatic rings. The van der Waals surface area contributed by atoms with Crippen molar-refractivity contribution in [2.45, 2.75) is 30.6 Å². The van der Waals surface area contributed by atoms with Gasteiger partial charge < -0.3 is 10.1 Å². The predicted octanol–water partition coefficient (Wildman–Crippen LogP) is 4.30. The number of anilines is 1. The minimum atomic E-state index is -3.75. The van der Waals surface area contributed by atoms with Gasteiger partial charge in [0.2, 0.25) is 10.0 Å². The van der Waals surface area contributed by atoms with Gasteiger partial charge in [-0.3, -0.25) is 4.79 Å². The Morgan fingerprint density at radius 3 is 2.48 bits per heavy atom. The van der Waals surface area contributed by atoms with Crippen LogP contribution in [0.2, 0.25) is 5.02 Å². The molecule has 2 aromatic rings. The predicted molar refractivity (Wildman–Crippen MR) is 110 cm³/mol. The van der Waals surface area contributed by atoms with Crippen LogP contribution in [0.4, 0.5) is 10.1 Å². The van der Waals surface area contributed by atoms with Gasteiger partial charge in [0.25, 0.3) is 5.91 Å². The van der Waals surface area contributed by atoms with Gasteiger partial charge in [0.05, 0.1) is 28.3 Å². The van der Waals surface area contributed by atoms with Crippen LogP contribution in [0, 0.1) is 5.82 Å². The summed E-state index contributed by atoms with van der Waals surface area (Å²) in [5.41, 5.74) is -0.117. The van der Waals surface area contributed by atoms with Crippen LogP contribution >= 0.6 is 11.6 Å². The Kier molecular flexibility index (Phi) is 6.77. The van der Waals surface area contributed by atoms with Crippen LogP contribution in [0.1, 0.15) is 36.0 Å². The monoisotopic (exact) mass is 440 g/mol. The van der Waals surface area contributed by atoms with E-state index in [2.05, 4.69) is 5.32 Å². The van der Waals surface area contributed by atoms with Crippen molar-refractivity contribution in [3.63, 3.8) is 0 Å². The van der Waals surface area contributed by atoms with Crippen LogP contribution < -0.4 is 10.1 Å². The number of carbonyl (C=O) groups is 1. The van der Waals surface area contributed by atoms with E-state index in [1.807, 2.05) is 0 Å². The Balaban J connectivity index is 1.94. The summed E-state index contributed by atoms with van der Waals surface area (Å²) >= 11 is 5.75. The highest BCUT2D eigenvalue weighted by atomic mass is 35.5. The molecule has 3 rings (SSSR count). The van der Waals surface area contributed by atoms with Gasteiger partial charge in [0.15, 0.2) is 5.82 Å². The van der Waals surface area contributed by atoms with Crippen LogP contribution in [-0.4, -0.2) is 38.8 Å². The maximum atomic E-state index is 14.1. The molecule has 0 saturated carbocycles. The van der Waals surface area contributed by atoms with Crippen molar-refractivity contribution in [2.75, 3.05) is 25.5 Å². The highest BCUT2D eigenvalue weighted by Gasteiger charge is 2.27. The number of halogens is 2. The summed E-state index contributed by atoms with van der Waals surface area (Å²) in [5, 5.41) is 2.29. The van der Waals surface area contributed by atoms with Crippen molar-refractivity contribution in [2.24, 2.45) is 0 Å². The minimum absolute atomic E-state index is 0.00286. The summed E-state index contributed by atoms with van der Waals surface area (Å²) < 4.78 is 46.9. The number of rotatable bonds is 5. The Labute approximate surface area is 174 Å². The molecule has 156 valence electrons. The van der Waals surface area contributed by atoms with Gasteiger partial charge in [-0.15, -0.1) is 0 Å². The largest absolute Gasteiger partial charge is 0.496 e. The molecule has 1 amide bonds. The second-order valence-electron chi connectivity index (χ2n) is 6.74. The molecule has 9 heteroatoms. The smallest absolute Gasteiger partial charge is 0.259 e. The molecule has 1 saturated heterocycles. The van der Waals surface area contributed by atoms with Crippen LogP contribution in [0.25, 0.3) is 0 Å². The Hall–Kier alpha value is -2.16. The molecule has 6 nitrogen and oxygen atoms in total. The number of methoxy groups -OCH3 is 1. The number of ether oxygens (including phenoxy) is 1. The van der Waals surface area contributed by atoms with E-state index < -0.39 is 21.7 Å². The quantitative estimate of drug-likeness (QED) is 0.751. The fourth-order valence-corrected chi connectivity index (χ4v) is 4.96. The summed E-state index contributed by atoms with van der Waals surface area (Å²) in [6, 6.07) is 8.32. The van der Waals surface area contributed by atoms with Crippen molar-refractivity contribution in [3.05, 3.63) is 52.8 Å². The van der Waals surface area contributed by atoms with Gasteiger partial charge in [0, 0.05) is 13.1 Å². The third kappa shape index (κ3) is 4.71. The molecule has 0 atom stereocenters. The SMILES string of the molecule is COc1ccc(S(=O)(=O)N2CCCCCC2)cc1C(=O)Nc1cccc(Cl)c1F. The fraction of sp³-hybridized carbons (Fsp3) is 0.350. The van der Waals surface area contributed by atoms with Crippen LogP contribution in [0.15, 0.2) is 41.3 Å². The number of hydrogen-bond acceptors (Lipinski definition) is 4. The zero-order valence-corrected chi connectivity index (χ0v) is 17.5. The van der Waals surface area contributed by atoms with E-state index in [0.717, 1.165) is 25.7 Å². The summed E-state index contributed by atoms with van der Waals surface area (Å²) in [4.78, 5) is 12.8. The lowest BCUT2D eigenvalue weighted by Crippen LogP contribution is -2.32. The first-order chi connectivity index (χ1) is 13.8. The summed E-state index contributed by atoms with van der Waals surface area (Å²) in [6.07, 6.45) is 3.59. The Bertz CT molecular complexity index is 1010. The van der Waals surface area contributed by atoms with E-state index in [9.17, 15) is 17.6 Å². The van der Waals surface area contributed by atoms with Crippen LogP contribution in [0.5, 0.6) is 5.75 Å². The number of nitrogens with zero attached hydrogens (tertiary/aromatic N) is 1. The summed E-state index contributed by atoms with van der Waals surface area (Å²) in [6.45, 7) is 0.896. The molecule has 29 heavy (non-hydrogen) atoms. The third-order valence-corrected chi connectivity index (χ3v) is 7.00. The Morgan fingerprint density at radius 1 is 1.14 bits per heavy atom. The van der Waals surface area contributed by atoms with Crippen molar-refractivity contribution >= 4 is 33.2 Å².